The molecule has 5 nitrogen and oxygen atoms in total. The number of benzene rings is 2. The first kappa shape index (κ1) is 19.5. The first-order valence-corrected chi connectivity index (χ1v) is 11.1. The second kappa shape index (κ2) is 7.57. The summed E-state index contributed by atoms with van der Waals surface area (Å²) in [6.45, 7) is 1.86. The van der Waals surface area contributed by atoms with E-state index >= 15 is 0 Å². The van der Waals surface area contributed by atoms with Crippen molar-refractivity contribution in [2.24, 2.45) is 0 Å². The van der Waals surface area contributed by atoms with Crippen molar-refractivity contribution >= 4 is 52.6 Å². The summed E-state index contributed by atoms with van der Waals surface area (Å²) >= 11 is 1.47. The van der Waals surface area contributed by atoms with E-state index in [0.717, 1.165) is 9.40 Å². The van der Waals surface area contributed by atoms with Gasteiger partial charge >= 0.3 is 5.97 Å². The average molecular weight is 427 g/mol. The number of ether oxygens (including phenoxy) is 1. The molecular formula is C22H18O5S2. The summed E-state index contributed by atoms with van der Waals surface area (Å²) in [7, 11) is -2.42. The molecule has 1 aromatic heterocycles. The van der Waals surface area contributed by atoms with Gasteiger partial charge in [-0.05, 0) is 30.7 Å². The summed E-state index contributed by atoms with van der Waals surface area (Å²) in [6, 6.07) is 12.7. The van der Waals surface area contributed by atoms with Crippen molar-refractivity contribution < 1.29 is 17.9 Å². The molecule has 29 heavy (non-hydrogen) atoms. The molecule has 7 heteroatoms. The van der Waals surface area contributed by atoms with Crippen LogP contribution in [-0.2, 0) is 25.2 Å². The zero-order valence-corrected chi connectivity index (χ0v) is 17.3. The minimum atomic E-state index is -2.42. The summed E-state index contributed by atoms with van der Waals surface area (Å²) < 4.78 is 30.3. The molecule has 2 aromatic carbocycles. The van der Waals surface area contributed by atoms with E-state index in [2.05, 4.69) is 0 Å². The lowest BCUT2D eigenvalue weighted by molar-refractivity contribution is -0.148. The van der Waals surface area contributed by atoms with Crippen molar-refractivity contribution in [1.29, 1.82) is 0 Å². The van der Waals surface area contributed by atoms with Gasteiger partial charge in [0.1, 0.15) is 5.41 Å². The molecule has 1 aliphatic rings. The van der Waals surface area contributed by atoms with E-state index in [9.17, 15) is 18.0 Å². The van der Waals surface area contributed by atoms with Crippen LogP contribution in [0.1, 0.15) is 25.3 Å². The Kier molecular flexibility index (Phi) is 5.10. The lowest BCUT2D eigenvalue weighted by Crippen LogP contribution is -2.40. The first-order valence-electron chi connectivity index (χ1n) is 9.22. The Balaban J connectivity index is 2.11. The zero-order chi connectivity index (χ0) is 20.6. The Bertz CT molecular complexity index is 1360. The predicted octanol–water partition coefficient (Wildman–Crippen LogP) is 3.62. The fraction of sp³-hybridized carbons (Fsp3) is 0.227. The molecule has 0 saturated carbocycles. The van der Waals surface area contributed by atoms with Crippen molar-refractivity contribution in [1.82, 2.24) is 0 Å². The number of hydrogen-bond acceptors (Lipinski definition) is 6. The molecule has 3 aromatic rings. The Morgan fingerprint density at radius 1 is 1.14 bits per heavy atom. The fourth-order valence-corrected chi connectivity index (χ4v) is 5.56. The Labute approximate surface area is 172 Å². The van der Waals surface area contributed by atoms with Crippen LogP contribution < -0.4 is 5.43 Å². The van der Waals surface area contributed by atoms with Crippen molar-refractivity contribution in [3.05, 3.63) is 70.4 Å². The quantitative estimate of drug-likeness (QED) is 0.277. The van der Waals surface area contributed by atoms with E-state index in [4.69, 9.17) is 4.74 Å². The normalized spacial score (nSPS) is 18.9. The second-order valence-corrected chi connectivity index (χ2v) is 8.99. The third-order valence-corrected chi connectivity index (χ3v) is 7.10. The van der Waals surface area contributed by atoms with Crippen LogP contribution in [0.25, 0.3) is 20.2 Å². The van der Waals surface area contributed by atoms with Gasteiger partial charge in [0.2, 0.25) is 10.3 Å². The van der Waals surface area contributed by atoms with Gasteiger partial charge in [0.15, 0.2) is 5.43 Å². The van der Waals surface area contributed by atoms with Gasteiger partial charge in [0, 0.05) is 33.0 Å². The molecule has 0 bridgehead atoms. The molecule has 1 unspecified atom stereocenters. The number of allylic oxidation sites excluding steroid dienone is 1. The third kappa shape index (κ3) is 3.20. The standard InChI is InChI=1S/C22H18O5S2/c1-2-27-21(24)22(12-6-7-14(13-22)29(25)26)16-9-5-11-18-19(16)20(23)15-8-3-4-10-17(15)28-18/h3-6,8-12H,2,7,13H2,1H3. The number of rotatable bonds is 3. The number of carbonyl (C=O) groups is 1. The third-order valence-electron chi connectivity index (χ3n) is 5.18. The zero-order valence-electron chi connectivity index (χ0n) is 15.7. The molecule has 0 saturated heterocycles. The molecule has 148 valence electrons. The van der Waals surface area contributed by atoms with Crippen LogP contribution in [0.5, 0.6) is 0 Å². The molecule has 1 aliphatic carbocycles. The van der Waals surface area contributed by atoms with E-state index in [-0.39, 0.29) is 29.7 Å². The van der Waals surface area contributed by atoms with Gasteiger partial charge in [-0.25, -0.2) is 0 Å². The summed E-state index contributed by atoms with van der Waals surface area (Å²) in [5.74, 6) is -0.552. The molecule has 0 radical (unpaired) electrons. The summed E-state index contributed by atoms with van der Waals surface area (Å²) in [4.78, 5) is 26.7. The number of hydrogen-bond donors (Lipinski definition) is 0. The number of fused-ring (bicyclic) bond motifs is 2. The smallest absolute Gasteiger partial charge is 0.320 e. The maximum Gasteiger partial charge on any atom is 0.320 e. The van der Waals surface area contributed by atoms with Gasteiger partial charge in [0.25, 0.3) is 0 Å². The monoisotopic (exact) mass is 426 g/mol. The second-order valence-electron chi connectivity index (χ2n) is 6.85. The van der Waals surface area contributed by atoms with E-state index in [1.54, 1.807) is 43.3 Å². The van der Waals surface area contributed by atoms with Crippen molar-refractivity contribution in [3.63, 3.8) is 0 Å². The highest BCUT2D eigenvalue weighted by molar-refractivity contribution is 7.73. The average Bonchev–Trinajstić information content (AvgIpc) is 2.73. The summed E-state index contributed by atoms with van der Waals surface area (Å²) in [5, 5.41) is 1.01. The fourth-order valence-electron chi connectivity index (χ4n) is 3.87. The van der Waals surface area contributed by atoms with Gasteiger partial charge in [-0.2, -0.15) is 8.42 Å². The van der Waals surface area contributed by atoms with Gasteiger partial charge in [-0.3, -0.25) is 9.59 Å². The van der Waals surface area contributed by atoms with Crippen LogP contribution in [0.2, 0.25) is 0 Å². The largest absolute Gasteiger partial charge is 0.465 e. The molecular weight excluding hydrogens is 408 g/mol. The van der Waals surface area contributed by atoms with Crippen LogP contribution in [0, 0.1) is 0 Å². The predicted molar refractivity (Wildman–Crippen MR) is 116 cm³/mol. The molecule has 1 heterocycles. The molecule has 4 rings (SSSR count). The Morgan fingerprint density at radius 2 is 1.90 bits per heavy atom. The maximum atomic E-state index is 13.4. The summed E-state index contributed by atoms with van der Waals surface area (Å²) in [6.07, 6.45) is 3.57. The van der Waals surface area contributed by atoms with Crippen LogP contribution in [0.4, 0.5) is 0 Å². The van der Waals surface area contributed by atoms with Crippen molar-refractivity contribution in [2.45, 2.75) is 25.2 Å². The minimum absolute atomic E-state index is 0.0332. The first-order chi connectivity index (χ1) is 14.0. The highest BCUT2D eigenvalue weighted by Gasteiger charge is 2.44. The molecule has 0 N–H and O–H groups in total. The lowest BCUT2D eigenvalue weighted by atomic mass is 9.72. The number of carbonyl (C=O) groups excluding carboxylic acids is 1. The summed E-state index contributed by atoms with van der Waals surface area (Å²) in [5.41, 5.74) is -1.03. The van der Waals surface area contributed by atoms with E-state index < -0.39 is 21.7 Å². The molecule has 0 spiro atoms. The molecule has 0 amide bonds. The topological polar surface area (TPSA) is 77.5 Å². The van der Waals surface area contributed by atoms with Crippen LogP contribution >= 0.6 is 11.3 Å². The van der Waals surface area contributed by atoms with Gasteiger partial charge in [-0.15, -0.1) is 11.3 Å². The van der Waals surface area contributed by atoms with E-state index in [0.29, 0.717) is 16.3 Å². The van der Waals surface area contributed by atoms with Crippen molar-refractivity contribution in [3.8, 4) is 0 Å². The highest BCUT2D eigenvalue weighted by atomic mass is 32.2. The lowest BCUT2D eigenvalue weighted by Gasteiger charge is -2.32. The van der Waals surface area contributed by atoms with Crippen LogP contribution in [-0.4, -0.2) is 25.9 Å². The number of esters is 1. The highest BCUT2D eigenvalue weighted by Crippen LogP contribution is 2.40. The molecule has 0 fully saturated rings. The molecule has 1 atom stereocenters. The van der Waals surface area contributed by atoms with Gasteiger partial charge < -0.3 is 4.74 Å². The Hall–Kier alpha value is -2.77. The molecule has 0 aliphatic heterocycles. The van der Waals surface area contributed by atoms with Crippen molar-refractivity contribution in [2.75, 3.05) is 6.61 Å². The minimum Gasteiger partial charge on any atom is -0.465 e. The van der Waals surface area contributed by atoms with Gasteiger partial charge in [0.05, 0.1) is 11.5 Å². The van der Waals surface area contributed by atoms with Crippen LogP contribution in [0.15, 0.2) is 59.4 Å². The van der Waals surface area contributed by atoms with Crippen LogP contribution in [0.3, 0.4) is 0 Å². The van der Waals surface area contributed by atoms with Gasteiger partial charge in [-0.1, -0.05) is 36.4 Å². The van der Waals surface area contributed by atoms with E-state index in [1.807, 2.05) is 18.2 Å². The SMILES string of the molecule is CCOC(=O)C1(c2cccc3sc4ccccc4c(=O)c23)C=CCC(=S(=O)=O)C1. The maximum absolute atomic E-state index is 13.4. The Morgan fingerprint density at radius 3 is 2.66 bits per heavy atom. The van der Waals surface area contributed by atoms with E-state index in [1.165, 1.54) is 11.3 Å².